The minimum absolute atomic E-state index is 0.218. The standard InChI is InChI=1S/C13H18ClN5/c1-13(2,3)7-8-19-12(16-17-18-19)11-9(14)5-4-6-10(11)15/h4-6H,7-8,15H2,1-3H3. The molecule has 2 rings (SSSR count). The molecular weight excluding hydrogens is 262 g/mol. The summed E-state index contributed by atoms with van der Waals surface area (Å²) in [6, 6.07) is 5.39. The van der Waals surface area contributed by atoms with E-state index in [1.165, 1.54) is 0 Å². The van der Waals surface area contributed by atoms with Crippen LogP contribution in [0, 0.1) is 5.41 Å². The molecule has 0 radical (unpaired) electrons. The lowest BCUT2D eigenvalue weighted by Crippen LogP contribution is -2.12. The van der Waals surface area contributed by atoms with Crippen LogP contribution in [0.25, 0.3) is 11.4 Å². The zero-order valence-electron chi connectivity index (χ0n) is 11.4. The third kappa shape index (κ3) is 3.23. The van der Waals surface area contributed by atoms with Crippen molar-refractivity contribution in [3.05, 3.63) is 23.2 Å². The quantitative estimate of drug-likeness (QED) is 0.877. The zero-order valence-corrected chi connectivity index (χ0v) is 12.1. The predicted octanol–water partition coefficient (Wildman–Crippen LogP) is 3.01. The fraction of sp³-hybridized carbons (Fsp3) is 0.462. The van der Waals surface area contributed by atoms with Gasteiger partial charge < -0.3 is 5.73 Å². The van der Waals surface area contributed by atoms with Gasteiger partial charge in [0, 0.05) is 12.2 Å². The van der Waals surface area contributed by atoms with Crippen LogP contribution < -0.4 is 5.73 Å². The number of rotatable bonds is 3. The van der Waals surface area contributed by atoms with E-state index in [4.69, 9.17) is 17.3 Å². The Morgan fingerprint density at radius 2 is 2.05 bits per heavy atom. The van der Waals surface area contributed by atoms with Crippen LogP contribution in [0.2, 0.25) is 5.02 Å². The maximum absolute atomic E-state index is 6.19. The fourth-order valence-corrected chi connectivity index (χ4v) is 2.02. The van der Waals surface area contributed by atoms with Gasteiger partial charge in [-0.05, 0) is 34.4 Å². The van der Waals surface area contributed by atoms with Gasteiger partial charge in [0.05, 0.1) is 10.6 Å². The molecule has 0 amide bonds. The van der Waals surface area contributed by atoms with E-state index in [1.54, 1.807) is 16.8 Å². The highest BCUT2D eigenvalue weighted by Gasteiger charge is 2.17. The molecule has 102 valence electrons. The Labute approximate surface area is 117 Å². The number of tetrazole rings is 1. The largest absolute Gasteiger partial charge is 0.398 e. The van der Waals surface area contributed by atoms with E-state index in [0.29, 0.717) is 22.1 Å². The normalized spacial score (nSPS) is 11.8. The average Bonchev–Trinajstić information content (AvgIpc) is 2.73. The van der Waals surface area contributed by atoms with Crippen molar-refractivity contribution >= 4 is 17.3 Å². The maximum Gasteiger partial charge on any atom is 0.185 e. The number of nitrogens with two attached hydrogens (primary N) is 1. The number of benzene rings is 1. The van der Waals surface area contributed by atoms with Gasteiger partial charge in [0.25, 0.3) is 0 Å². The number of aryl methyl sites for hydroxylation is 1. The van der Waals surface area contributed by atoms with Gasteiger partial charge in [-0.15, -0.1) is 5.10 Å². The van der Waals surface area contributed by atoms with E-state index in [2.05, 4.69) is 36.3 Å². The van der Waals surface area contributed by atoms with Crippen LogP contribution in [0.4, 0.5) is 5.69 Å². The number of nitrogen functional groups attached to an aromatic ring is 1. The van der Waals surface area contributed by atoms with Gasteiger partial charge in [-0.3, -0.25) is 0 Å². The lowest BCUT2D eigenvalue weighted by Gasteiger charge is -2.18. The molecular formula is C13H18ClN5. The molecule has 0 fully saturated rings. The molecule has 1 aromatic heterocycles. The maximum atomic E-state index is 6.19. The van der Waals surface area contributed by atoms with Crippen molar-refractivity contribution < 1.29 is 0 Å². The molecule has 6 heteroatoms. The SMILES string of the molecule is CC(C)(C)CCn1nnnc1-c1c(N)cccc1Cl. The molecule has 0 saturated carbocycles. The molecule has 0 aliphatic carbocycles. The number of hydrogen-bond donors (Lipinski definition) is 1. The summed E-state index contributed by atoms with van der Waals surface area (Å²) < 4.78 is 1.75. The molecule has 0 saturated heterocycles. The van der Waals surface area contributed by atoms with E-state index >= 15 is 0 Å². The third-order valence-electron chi connectivity index (χ3n) is 2.87. The van der Waals surface area contributed by atoms with E-state index < -0.39 is 0 Å². The van der Waals surface area contributed by atoms with Gasteiger partial charge in [0.2, 0.25) is 0 Å². The first-order valence-corrected chi connectivity index (χ1v) is 6.57. The average molecular weight is 280 g/mol. The first kappa shape index (κ1) is 13.8. The molecule has 0 spiro atoms. The van der Waals surface area contributed by atoms with Gasteiger partial charge in [0.15, 0.2) is 5.82 Å². The number of nitrogens with zero attached hydrogens (tertiary/aromatic N) is 4. The molecule has 0 bridgehead atoms. The highest BCUT2D eigenvalue weighted by atomic mass is 35.5. The van der Waals surface area contributed by atoms with Gasteiger partial charge in [-0.25, -0.2) is 4.68 Å². The summed E-state index contributed by atoms with van der Waals surface area (Å²) in [7, 11) is 0. The molecule has 2 N–H and O–H groups in total. The van der Waals surface area contributed by atoms with Crippen molar-refractivity contribution in [2.45, 2.75) is 33.7 Å². The van der Waals surface area contributed by atoms with Crippen molar-refractivity contribution in [2.24, 2.45) is 5.41 Å². The molecule has 0 aliphatic rings. The zero-order chi connectivity index (χ0) is 14.0. The first-order chi connectivity index (χ1) is 8.88. The smallest absolute Gasteiger partial charge is 0.185 e. The van der Waals surface area contributed by atoms with Crippen LogP contribution >= 0.6 is 11.6 Å². The highest BCUT2D eigenvalue weighted by Crippen LogP contribution is 2.31. The summed E-state index contributed by atoms with van der Waals surface area (Å²) in [6.07, 6.45) is 0.968. The number of aromatic nitrogens is 4. The third-order valence-corrected chi connectivity index (χ3v) is 3.19. The van der Waals surface area contributed by atoms with Crippen LogP contribution in [-0.4, -0.2) is 20.2 Å². The molecule has 5 nitrogen and oxygen atoms in total. The molecule has 19 heavy (non-hydrogen) atoms. The van der Waals surface area contributed by atoms with Crippen molar-refractivity contribution in [1.29, 1.82) is 0 Å². The predicted molar refractivity (Wildman–Crippen MR) is 76.7 cm³/mol. The van der Waals surface area contributed by atoms with Crippen LogP contribution in [-0.2, 0) is 6.54 Å². The van der Waals surface area contributed by atoms with Crippen molar-refractivity contribution in [2.75, 3.05) is 5.73 Å². The van der Waals surface area contributed by atoms with Crippen molar-refractivity contribution in [1.82, 2.24) is 20.2 Å². The molecule has 0 unspecified atom stereocenters. The Bertz CT molecular complexity index is 550. The second kappa shape index (κ2) is 5.17. The monoisotopic (exact) mass is 279 g/mol. The summed E-state index contributed by atoms with van der Waals surface area (Å²) in [5, 5.41) is 12.4. The summed E-state index contributed by atoms with van der Waals surface area (Å²) in [5.74, 6) is 0.618. The number of halogens is 1. The molecule has 2 aromatic rings. The second-order valence-electron chi connectivity index (χ2n) is 5.74. The van der Waals surface area contributed by atoms with Gasteiger partial charge in [-0.1, -0.05) is 38.4 Å². The summed E-state index contributed by atoms with van der Waals surface area (Å²) in [5.41, 5.74) is 7.47. The van der Waals surface area contributed by atoms with E-state index in [-0.39, 0.29) is 5.41 Å². The van der Waals surface area contributed by atoms with Gasteiger partial charge >= 0.3 is 0 Å². The summed E-state index contributed by atoms with van der Waals surface area (Å²) >= 11 is 6.19. The van der Waals surface area contributed by atoms with Crippen molar-refractivity contribution in [3.63, 3.8) is 0 Å². The number of anilines is 1. The lowest BCUT2D eigenvalue weighted by atomic mass is 9.92. The number of hydrogen-bond acceptors (Lipinski definition) is 4. The lowest BCUT2D eigenvalue weighted by molar-refractivity contribution is 0.340. The van der Waals surface area contributed by atoms with Crippen LogP contribution in [0.5, 0.6) is 0 Å². The Balaban J connectivity index is 2.34. The first-order valence-electron chi connectivity index (χ1n) is 6.19. The Morgan fingerprint density at radius 1 is 1.32 bits per heavy atom. The molecule has 1 heterocycles. The Kier molecular flexibility index (Phi) is 3.75. The second-order valence-corrected chi connectivity index (χ2v) is 6.15. The Hall–Kier alpha value is -1.62. The van der Waals surface area contributed by atoms with E-state index in [1.807, 2.05) is 6.07 Å². The van der Waals surface area contributed by atoms with Gasteiger partial charge in [-0.2, -0.15) is 0 Å². The minimum Gasteiger partial charge on any atom is -0.398 e. The van der Waals surface area contributed by atoms with Crippen molar-refractivity contribution in [3.8, 4) is 11.4 Å². The van der Waals surface area contributed by atoms with Crippen LogP contribution in [0.3, 0.4) is 0 Å². The minimum atomic E-state index is 0.218. The van der Waals surface area contributed by atoms with E-state index in [9.17, 15) is 0 Å². The fourth-order valence-electron chi connectivity index (χ4n) is 1.75. The van der Waals surface area contributed by atoms with Crippen LogP contribution in [0.15, 0.2) is 18.2 Å². The van der Waals surface area contributed by atoms with Gasteiger partial charge in [0.1, 0.15) is 0 Å². The molecule has 0 aliphatic heterocycles. The summed E-state index contributed by atoms with van der Waals surface area (Å²) in [6.45, 7) is 7.28. The molecule has 1 aromatic carbocycles. The highest BCUT2D eigenvalue weighted by molar-refractivity contribution is 6.33. The van der Waals surface area contributed by atoms with Crippen LogP contribution in [0.1, 0.15) is 27.2 Å². The topological polar surface area (TPSA) is 69.6 Å². The summed E-state index contributed by atoms with van der Waals surface area (Å²) in [4.78, 5) is 0. The van der Waals surface area contributed by atoms with E-state index in [0.717, 1.165) is 13.0 Å². The Morgan fingerprint density at radius 3 is 2.68 bits per heavy atom. The molecule has 0 atom stereocenters.